The smallest absolute Gasteiger partial charge is 0.269 e. The molecule has 122 valence electrons. The highest BCUT2D eigenvalue weighted by molar-refractivity contribution is 5.92. The second kappa shape index (κ2) is 7.41. The Morgan fingerprint density at radius 3 is 2.75 bits per heavy atom. The zero-order chi connectivity index (χ0) is 16.8. The van der Waals surface area contributed by atoms with Gasteiger partial charge in [-0.15, -0.1) is 0 Å². The summed E-state index contributed by atoms with van der Waals surface area (Å²) in [5.74, 6) is 1.13. The van der Waals surface area contributed by atoms with Gasteiger partial charge in [0.1, 0.15) is 17.7 Å². The van der Waals surface area contributed by atoms with Gasteiger partial charge in [-0.25, -0.2) is 4.98 Å². The highest BCUT2D eigenvalue weighted by Crippen LogP contribution is 2.21. The summed E-state index contributed by atoms with van der Waals surface area (Å²) in [5.41, 5.74) is 2.05. The van der Waals surface area contributed by atoms with E-state index in [1.807, 2.05) is 24.3 Å². The summed E-state index contributed by atoms with van der Waals surface area (Å²) in [6, 6.07) is 12.7. The summed E-state index contributed by atoms with van der Waals surface area (Å²) in [4.78, 5) is 20.3. The van der Waals surface area contributed by atoms with Crippen molar-refractivity contribution in [2.24, 2.45) is 0 Å². The van der Waals surface area contributed by atoms with E-state index in [2.05, 4.69) is 15.3 Å². The number of nitrogens with zero attached hydrogens (tertiary/aromatic N) is 2. The predicted molar refractivity (Wildman–Crippen MR) is 88.8 cm³/mol. The zero-order valence-corrected chi connectivity index (χ0v) is 13.2. The molecule has 6 heteroatoms. The lowest BCUT2D eigenvalue weighted by Gasteiger charge is -2.02. The van der Waals surface area contributed by atoms with E-state index in [4.69, 9.17) is 9.15 Å². The Hall–Kier alpha value is -3.15. The molecule has 1 aromatic carbocycles. The Morgan fingerprint density at radius 1 is 1.21 bits per heavy atom. The Morgan fingerprint density at radius 2 is 2.04 bits per heavy atom. The van der Waals surface area contributed by atoms with Gasteiger partial charge >= 0.3 is 0 Å². The molecule has 0 saturated carbocycles. The Kier molecular flexibility index (Phi) is 4.86. The molecule has 0 saturated heterocycles. The predicted octanol–water partition coefficient (Wildman–Crippen LogP) is 2.72. The van der Waals surface area contributed by atoms with E-state index in [1.165, 1.54) is 0 Å². The summed E-state index contributed by atoms with van der Waals surface area (Å²) in [5, 5.41) is 2.81. The molecular weight excluding hydrogens is 306 g/mol. The van der Waals surface area contributed by atoms with Crippen LogP contribution in [0.25, 0.3) is 11.5 Å². The first-order valence-electron chi connectivity index (χ1n) is 7.54. The van der Waals surface area contributed by atoms with Crippen molar-refractivity contribution in [3.63, 3.8) is 0 Å². The Balaban J connectivity index is 1.55. The number of hydrogen-bond donors (Lipinski definition) is 1. The monoisotopic (exact) mass is 323 g/mol. The van der Waals surface area contributed by atoms with Crippen LogP contribution in [0.5, 0.6) is 5.75 Å². The fourth-order valence-electron chi connectivity index (χ4n) is 2.18. The van der Waals surface area contributed by atoms with Crippen LogP contribution in [-0.4, -0.2) is 29.5 Å². The largest absolute Gasteiger partial charge is 0.497 e. The normalized spacial score (nSPS) is 10.4. The third kappa shape index (κ3) is 3.78. The van der Waals surface area contributed by atoms with Crippen LogP contribution in [0.15, 0.2) is 59.3 Å². The van der Waals surface area contributed by atoms with Crippen LogP contribution in [0, 0.1) is 0 Å². The van der Waals surface area contributed by atoms with Gasteiger partial charge in [0.05, 0.1) is 12.8 Å². The summed E-state index contributed by atoms with van der Waals surface area (Å²) in [6.45, 7) is 0.462. The number of oxazole rings is 1. The molecule has 0 aliphatic rings. The van der Waals surface area contributed by atoms with E-state index in [0.29, 0.717) is 24.6 Å². The minimum Gasteiger partial charge on any atom is -0.497 e. The van der Waals surface area contributed by atoms with E-state index < -0.39 is 0 Å². The minimum absolute atomic E-state index is 0.200. The van der Waals surface area contributed by atoms with Crippen molar-refractivity contribution in [2.45, 2.75) is 6.42 Å². The third-order valence-electron chi connectivity index (χ3n) is 3.45. The molecule has 3 rings (SSSR count). The van der Waals surface area contributed by atoms with Crippen molar-refractivity contribution in [2.75, 3.05) is 13.7 Å². The van der Waals surface area contributed by atoms with Crippen LogP contribution in [-0.2, 0) is 6.42 Å². The molecular formula is C18H17N3O3. The number of pyridine rings is 1. The quantitative estimate of drug-likeness (QED) is 0.755. The number of aromatic nitrogens is 2. The molecule has 0 radical (unpaired) electrons. The number of amides is 1. The van der Waals surface area contributed by atoms with E-state index in [0.717, 1.165) is 17.0 Å². The molecule has 0 atom stereocenters. The number of nitrogens with one attached hydrogen (secondary N) is 1. The minimum atomic E-state index is -0.200. The van der Waals surface area contributed by atoms with E-state index in [9.17, 15) is 4.79 Å². The zero-order valence-electron chi connectivity index (χ0n) is 13.2. The van der Waals surface area contributed by atoms with Crippen molar-refractivity contribution < 1.29 is 13.9 Å². The number of ether oxygens (including phenoxy) is 1. The average Bonchev–Trinajstić information content (AvgIpc) is 3.11. The molecule has 2 aromatic heterocycles. The molecule has 0 unspecified atom stereocenters. The standard InChI is InChI=1S/C18H17N3O3/c1-23-15-7-5-13(6-8-15)18-21-14(12-24-18)9-11-20-17(22)16-4-2-3-10-19-16/h2-8,10,12H,9,11H2,1H3,(H,20,22). The Labute approximate surface area is 139 Å². The number of carbonyl (C=O) groups excluding carboxylic acids is 1. The summed E-state index contributed by atoms with van der Waals surface area (Å²) in [6.07, 6.45) is 3.78. The second-order valence-electron chi connectivity index (χ2n) is 5.09. The van der Waals surface area contributed by atoms with Crippen LogP contribution < -0.4 is 10.1 Å². The molecule has 24 heavy (non-hydrogen) atoms. The first-order valence-corrected chi connectivity index (χ1v) is 7.54. The van der Waals surface area contributed by atoms with Crippen LogP contribution >= 0.6 is 0 Å². The molecule has 1 amide bonds. The number of hydrogen-bond acceptors (Lipinski definition) is 5. The van der Waals surface area contributed by atoms with Crippen molar-refractivity contribution in [1.82, 2.24) is 15.3 Å². The fraction of sp³-hybridized carbons (Fsp3) is 0.167. The van der Waals surface area contributed by atoms with Gasteiger partial charge in [0.2, 0.25) is 5.89 Å². The van der Waals surface area contributed by atoms with E-state index in [1.54, 1.807) is 37.8 Å². The van der Waals surface area contributed by atoms with Gasteiger partial charge in [-0.1, -0.05) is 6.07 Å². The Bertz CT molecular complexity index is 798. The van der Waals surface area contributed by atoms with Crippen LogP contribution in [0.4, 0.5) is 0 Å². The van der Waals surface area contributed by atoms with Gasteiger partial charge < -0.3 is 14.5 Å². The van der Waals surface area contributed by atoms with Gasteiger partial charge in [0.25, 0.3) is 5.91 Å². The summed E-state index contributed by atoms with van der Waals surface area (Å²) in [7, 11) is 1.62. The summed E-state index contributed by atoms with van der Waals surface area (Å²) >= 11 is 0. The van der Waals surface area contributed by atoms with E-state index >= 15 is 0 Å². The van der Waals surface area contributed by atoms with Crippen molar-refractivity contribution in [3.8, 4) is 17.2 Å². The highest BCUT2D eigenvalue weighted by Gasteiger charge is 2.09. The van der Waals surface area contributed by atoms with Gasteiger partial charge in [-0.2, -0.15) is 0 Å². The maximum Gasteiger partial charge on any atom is 0.269 e. The van der Waals surface area contributed by atoms with Crippen LogP contribution in [0.3, 0.4) is 0 Å². The molecule has 0 spiro atoms. The number of rotatable bonds is 6. The number of carbonyl (C=O) groups is 1. The molecule has 2 heterocycles. The molecule has 0 bridgehead atoms. The average molecular weight is 323 g/mol. The SMILES string of the molecule is COc1ccc(-c2nc(CCNC(=O)c3ccccn3)co2)cc1. The van der Waals surface area contributed by atoms with Crippen LogP contribution in [0.1, 0.15) is 16.2 Å². The number of methoxy groups -OCH3 is 1. The van der Waals surface area contributed by atoms with Gasteiger partial charge in [-0.3, -0.25) is 9.78 Å². The maximum atomic E-state index is 11.9. The van der Waals surface area contributed by atoms with Gasteiger partial charge in [0.15, 0.2) is 0 Å². The first-order chi connectivity index (χ1) is 11.8. The highest BCUT2D eigenvalue weighted by atomic mass is 16.5. The lowest BCUT2D eigenvalue weighted by molar-refractivity contribution is 0.0949. The van der Waals surface area contributed by atoms with Crippen molar-refractivity contribution in [3.05, 3.63) is 66.3 Å². The van der Waals surface area contributed by atoms with E-state index in [-0.39, 0.29) is 5.91 Å². The topological polar surface area (TPSA) is 77.2 Å². The molecule has 3 aromatic rings. The van der Waals surface area contributed by atoms with Crippen molar-refractivity contribution in [1.29, 1.82) is 0 Å². The molecule has 0 aliphatic heterocycles. The molecule has 0 fully saturated rings. The van der Waals surface area contributed by atoms with Gasteiger partial charge in [-0.05, 0) is 36.4 Å². The third-order valence-corrected chi connectivity index (χ3v) is 3.45. The maximum absolute atomic E-state index is 11.9. The summed E-state index contributed by atoms with van der Waals surface area (Å²) < 4.78 is 10.6. The van der Waals surface area contributed by atoms with Crippen molar-refractivity contribution >= 4 is 5.91 Å². The molecule has 0 aliphatic carbocycles. The second-order valence-corrected chi connectivity index (χ2v) is 5.09. The lowest BCUT2D eigenvalue weighted by Crippen LogP contribution is -2.26. The first kappa shape index (κ1) is 15.7. The van der Waals surface area contributed by atoms with Gasteiger partial charge in [0, 0.05) is 24.7 Å². The molecule has 1 N–H and O–H groups in total. The lowest BCUT2D eigenvalue weighted by atomic mass is 10.2. The molecule has 6 nitrogen and oxygen atoms in total. The fourth-order valence-corrected chi connectivity index (χ4v) is 2.18. The number of benzene rings is 1. The van der Waals surface area contributed by atoms with Crippen LogP contribution in [0.2, 0.25) is 0 Å².